The van der Waals surface area contributed by atoms with E-state index in [4.69, 9.17) is 5.73 Å². The number of aliphatic hydroxyl groups is 1. The van der Waals surface area contributed by atoms with E-state index < -0.39 is 6.10 Å². The number of nitrogens with two attached hydrogens (primary N) is 1. The van der Waals surface area contributed by atoms with Gasteiger partial charge in [0.1, 0.15) is 0 Å². The molecule has 3 nitrogen and oxygen atoms in total. The Labute approximate surface area is 96.9 Å². The number of aliphatic hydroxyl groups excluding tert-OH is 1. The second-order valence-corrected chi connectivity index (χ2v) is 4.67. The van der Waals surface area contributed by atoms with Crippen LogP contribution in [-0.4, -0.2) is 36.7 Å². The van der Waals surface area contributed by atoms with Gasteiger partial charge in [-0.15, -0.1) is 0 Å². The number of hydrogen-bond donors (Lipinski definition) is 2. The van der Waals surface area contributed by atoms with Crippen LogP contribution in [0.3, 0.4) is 0 Å². The van der Waals surface area contributed by atoms with Crippen molar-refractivity contribution >= 4 is 0 Å². The molecule has 0 aliphatic carbocycles. The zero-order valence-electron chi connectivity index (χ0n) is 9.76. The van der Waals surface area contributed by atoms with Gasteiger partial charge in [0.25, 0.3) is 0 Å². The first-order valence-electron chi connectivity index (χ1n) is 5.87. The Hall–Kier alpha value is -0.900. The van der Waals surface area contributed by atoms with Crippen molar-refractivity contribution < 1.29 is 5.11 Å². The van der Waals surface area contributed by atoms with Crippen molar-refractivity contribution in [1.29, 1.82) is 0 Å². The van der Waals surface area contributed by atoms with E-state index in [0.29, 0.717) is 5.92 Å². The summed E-state index contributed by atoms with van der Waals surface area (Å²) in [4.78, 5) is 2.34. The lowest BCUT2D eigenvalue weighted by atomic mass is 9.95. The molecule has 16 heavy (non-hydrogen) atoms. The zero-order chi connectivity index (χ0) is 11.5. The Morgan fingerprint density at radius 1 is 1.56 bits per heavy atom. The number of hydrogen-bond acceptors (Lipinski definition) is 3. The van der Waals surface area contributed by atoms with Crippen LogP contribution in [0.15, 0.2) is 24.3 Å². The Morgan fingerprint density at radius 3 is 3.00 bits per heavy atom. The van der Waals surface area contributed by atoms with Gasteiger partial charge in [-0.3, -0.25) is 0 Å². The van der Waals surface area contributed by atoms with Crippen LogP contribution in [0.1, 0.15) is 29.6 Å². The van der Waals surface area contributed by atoms with E-state index in [1.165, 1.54) is 12.0 Å². The average molecular weight is 220 g/mol. The standard InChI is InChI=1S/C13H20N2O/c1-15-6-5-12(9-15)10-3-2-4-11(7-10)13(16)8-14/h2-4,7,12-13,16H,5-6,8-9,14H2,1H3. The van der Waals surface area contributed by atoms with E-state index in [1.54, 1.807) is 0 Å². The van der Waals surface area contributed by atoms with E-state index in [2.05, 4.69) is 24.1 Å². The highest BCUT2D eigenvalue weighted by Crippen LogP contribution is 2.27. The lowest BCUT2D eigenvalue weighted by Gasteiger charge is -2.14. The summed E-state index contributed by atoms with van der Waals surface area (Å²) in [6.45, 7) is 2.56. The fourth-order valence-electron chi connectivity index (χ4n) is 2.36. The fraction of sp³-hybridized carbons (Fsp3) is 0.538. The maximum absolute atomic E-state index is 9.71. The second kappa shape index (κ2) is 4.95. The smallest absolute Gasteiger partial charge is 0.0912 e. The van der Waals surface area contributed by atoms with Crippen LogP contribution in [-0.2, 0) is 0 Å². The van der Waals surface area contributed by atoms with Crippen molar-refractivity contribution in [1.82, 2.24) is 4.90 Å². The summed E-state index contributed by atoms with van der Waals surface area (Å²) >= 11 is 0. The van der Waals surface area contributed by atoms with Gasteiger partial charge in [0.15, 0.2) is 0 Å². The Kier molecular flexibility index (Phi) is 3.59. The molecular formula is C13H20N2O. The highest BCUT2D eigenvalue weighted by Gasteiger charge is 2.21. The fourth-order valence-corrected chi connectivity index (χ4v) is 2.36. The number of nitrogens with zero attached hydrogens (tertiary/aromatic N) is 1. The van der Waals surface area contributed by atoms with Gasteiger partial charge in [-0.25, -0.2) is 0 Å². The molecule has 0 radical (unpaired) electrons. The van der Waals surface area contributed by atoms with Crippen LogP contribution >= 0.6 is 0 Å². The minimum Gasteiger partial charge on any atom is -0.387 e. The van der Waals surface area contributed by atoms with Crippen LogP contribution in [0.2, 0.25) is 0 Å². The van der Waals surface area contributed by atoms with E-state index in [1.807, 2.05) is 12.1 Å². The van der Waals surface area contributed by atoms with Gasteiger partial charge < -0.3 is 15.7 Å². The van der Waals surface area contributed by atoms with Crippen LogP contribution < -0.4 is 5.73 Å². The average Bonchev–Trinajstić information content (AvgIpc) is 2.75. The van der Waals surface area contributed by atoms with Crippen molar-refractivity contribution in [2.24, 2.45) is 5.73 Å². The molecule has 0 bridgehead atoms. The first-order valence-corrected chi connectivity index (χ1v) is 5.87. The predicted octanol–water partition coefficient (Wildman–Crippen LogP) is 1.10. The second-order valence-electron chi connectivity index (χ2n) is 4.67. The summed E-state index contributed by atoms with van der Waals surface area (Å²) in [6, 6.07) is 8.21. The van der Waals surface area contributed by atoms with Crippen LogP contribution in [0.4, 0.5) is 0 Å². The molecule has 0 saturated carbocycles. The molecule has 1 heterocycles. The quantitative estimate of drug-likeness (QED) is 0.802. The summed E-state index contributed by atoms with van der Waals surface area (Å²) in [7, 11) is 2.15. The number of likely N-dealkylation sites (N-methyl/N-ethyl adjacent to an activating group) is 1. The molecule has 0 amide bonds. The zero-order valence-corrected chi connectivity index (χ0v) is 9.76. The molecule has 2 rings (SSSR count). The third-order valence-electron chi connectivity index (χ3n) is 3.38. The lowest BCUT2D eigenvalue weighted by molar-refractivity contribution is 0.186. The van der Waals surface area contributed by atoms with Crippen molar-refractivity contribution in [3.05, 3.63) is 35.4 Å². The molecule has 2 unspecified atom stereocenters. The minimum atomic E-state index is -0.529. The van der Waals surface area contributed by atoms with E-state index >= 15 is 0 Å². The van der Waals surface area contributed by atoms with E-state index in [0.717, 1.165) is 18.7 Å². The van der Waals surface area contributed by atoms with Gasteiger partial charge in [-0.1, -0.05) is 24.3 Å². The first kappa shape index (κ1) is 11.6. The van der Waals surface area contributed by atoms with Gasteiger partial charge in [0, 0.05) is 13.1 Å². The summed E-state index contributed by atoms with van der Waals surface area (Å²) in [5.41, 5.74) is 7.74. The molecule has 1 aliphatic heterocycles. The normalized spacial score (nSPS) is 23.6. The molecule has 3 heteroatoms. The molecule has 1 aromatic rings. The number of likely N-dealkylation sites (tertiary alicyclic amines) is 1. The Morgan fingerprint density at radius 2 is 2.38 bits per heavy atom. The van der Waals surface area contributed by atoms with Gasteiger partial charge >= 0.3 is 0 Å². The number of benzene rings is 1. The molecule has 2 atom stereocenters. The highest BCUT2D eigenvalue weighted by molar-refractivity contribution is 5.29. The van der Waals surface area contributed by atoms with Gasteiger partial charge in [-0.05, 0) is 37.1 Å². The van der Waals surface area contributed by atoms with E-state index in [-0.39, 0.29) is 6.54 Å². The monoisotopic (exact) mass is 220 g/mol. The topological polar surface area (TPSA) is 49.5 Å². The first-order chi connectivity index (χ1) is 7.70. The van der Waals surface area contributed by atoms with Crippen molar-refractivity contribution in [2.45, 2.75) is 18.4 Å². The predicted molar refractivity (Wildman–Crippen MR) is 65.3 cm³/mol. The molecule has 3 N–H and O–H groups in total. The van der Waals surface area contributed by atoms with Gasteiger partial charge in [0.2, 0.25) is 0 Å². The molecule has 88 valence electrons. The highest BCUT2D eigenvalue weighted by atomic mass is 16.3. The molecule has 0 aromatic heterocycles. The molecule has 1 fully saturated rings. The van der Waals surface area contributed by atoms with Crippen LogP contribution in [0.5, 0.6) is 0 Å². The Balaban J connectivity index is 2.16. The SMILES string of the molecule is CN1CCC(c2cccc(C(O)CN)c2)C1. The van der Waals surface area contributed by atoms with Gasteiger partial charge in [-0.2, -0.15) is 0 Å². The van der Waals surface area contributed by atoms with Crippen molar-refractivity contribution in [3.8, 4) is 0 Å². The maximum Gasteiger partial charge on any atom is 0.0912 e. The summed E-state index contributed by atoms with van der Waals surface area (Å²) in [5.74, 6) is 0.606. The lowest BCUT2D eigenvalue weighted by Crippen LogP contribution is -2.14. The summed E-state index contributed by atoms with van der Waals surface area (Å²) in [6.07, 6.45) is 0.678. The largest absolute Gasteiger partial charge is 0.387 e. The van der Waals surface area contributed by atoms with Gasteiger partial charge in [0.05, 0.1) is 6.10 Å². The summed E-state index contributed by atoms with van der Waals surface area (Å²) in [5, 5.41) is 9.71. The molecule has 1 aromatic carbocycles. The van der Waals surface area contributed by atoms with Crippen LogP contribution in [0.25, 0.3) is 0 Å². The van der Waals surface area contributed by atoms with Crippen molar-refractivity contribution in [3.63, 3.8) is 0 Å². The Bertz CT molecular complexity index is 354. The molecule has 0 spiro atoms. The van der Waals surface area contributed by atoms with E-state index in [9.17, 15) is 5.11 Å². The molecule has 1 aliphatic rings. The van der Waals surface area contributed by atoms with Crippen LogP contribution in [0, 0.1) is 0 Å². The summed E-state index contributed by atoms with van der Waals surface area (Å²) < 4.78 is 0. The third kappa shape index (κ3) is 2.43. The minimum absolute atomic E-state index is 0.286. The number of rotatable bonds is 3. The molecular weight excluding hydrogens is 200 g/mol. The maximum atomic E-state index is 9.71. The van der Waals surface area contributed by atoms with Crippen molar-refractivity contribution in [2.75, 3.05) is 26.7 Å². The molecule has 1 saturated heterocycles. The third-order valence-corrected chi connectivity index (χ3v) is 3.38.